The number of aliphatic carboxylic acids is 1. The molecule has 7 heteroatoms. The van der Waals surface area contributed by atoms with E-state index < -0.39 is 11.4 Å². The molecule has 0 saturated heterocycles. The fraction of sp³-hybridized carbons (Fsp3) is 0.571. The van der Waals surface area contributed by atoms with Crippen LogP contribution in [0.2, 0.25) is 0 Å². The summed E-state index contributed by atoms with van der Waals surface area (Å²) in [6.45, 7) is 17.7. The highest BCUT2D eigenvalue weighted by Crippen LogP contribution is 2.38. The Balaban J connectivity index is 1.76. The van der Waals surface area contributed by atoms with Crippen molar-refractivity contribution in [3.05, 3.63) is 53.3 Å². The Kier molecular flexibility index (Phi) is 9.39. The maximum Gasteiger partial charge on any atom is 0.309 e. The van der Waals surface area contributed by atoms with Crippen molar-refractivity contribution < 1.29 is 14.7 Å². The molecule has 3 aromatic rings. The van der Waals surface area contributed by atoms with Crippen molar-refractivity contribution in [2.75, 3.05) is 6.54 Å². The number of carbonyl (C=O) groups excluding carboxylic acids is 1. The molecule has 42 heavy (non-hydrogen) atoms. The standard InChI is InChI=1S/C35H50N4O3/c1-23(2)39-30(16-18-37-39)27-15-14-26(20-29(27)34(4,5)6)31-21-28(32(40)36-19-17-35(7,8)33(41)42)24(3)38(31)22-25-12-10-9-11-13-25/h14-16,18,20-21,23,25H,9-13,17,19,22H2,1-8H3,(H,36,40)(H,41,42). The molecule has 0 bridgehead atoms. The summed E-state index contributed by atoms with van der Waals surface area (Å²) in [5.74, 6) is -0.410. The van der Waals surface area contributed by atoms with E-state index in [1.54, 1.807) is 13.8 Å². The van der Waals surface area contributed by atoms with Gasteiger partial charge < -0.3 is 15.0 Å². The number of carboxylic acids is 1. The zero-order chi connectivity index (χ0) is 30.8. The van der Waals surface area contributed by atoms with Gasteiger partial charge >= 0.3 is 5.97 Å². The molecule has 1 aromatic carbocycles. The van der Waals surface area contributed by atoms with Gasteiger partial charge in [0.1, 0.15) is 0 Å². The molecule has 228 valence electrons. The van der Waals surface area contributed by atoms with Crippen LogP contribution in [-0.4, -0.2) is 37.9 Å². The molecule has 1 aliphatic carbocycles. The van der Waals surface area contributed by atoms with Crippen LogP contribution >= 0.6 is 0 Å². The van der Waals surface area contributed by atoms with Crippen molar-refractivity contribution in [3.8, 4) is 22.5 Å². The normalized spacial score (nSPS) is 14.9. The van der Waals surface area contributed by atoms with E-state index in [4.69, 9.17) is 0 Å². The van der Waals surface area contributed by atoms with Gasteiger partial charge in [0.2, 0.25) is 0 Å². The van der Waals surface area contributed by atoms with Crippen LogP contribution in [0.5, 0.6) is 0 Å². The second-order valence-corrected chi connectivity index (χ2v) is 14.1. The Labute approximate surface area is 251 Å². The van der Waals surface area contributed by atoms with Gasteiger partial charge in [-0.05, 0) is 94.5 Å². The average Bonchev–Trinajstić information content (AvgIpc) is 3.54. The van der Waals surface area contributed by atoms with Gasteiger partial charge in [0.05, 0.1) is 16.7 Å². The van der Waals surface area contributed by atoms with E-state index in [1.807, 2.05) is 19.2 Å². The summed E-state index contributed by atoms with van der Waals surface area (Å²) in [4.78, 5) is 25.0. The number of amides is 1. The molecule has 1 aliphatic rings. The Morgan fingerprint density at radius 3 is 2.33 bits per heavy atom. The summed E-state index contributed by atoms with van der Waals surface area (Å²) < 4.78 is 4.43. The third kappa shape index (κ3) is 6.82. The lowest BCUT2D eigenvalue weighted by Gasteiger charge is -2.26. The zero-order valence-electron chi connectivity index (χ0n) is 26.9. The highest BCUT2D eigenvalue weighted by Gasteiger charge is 2.28. The number of benzene rings is 1. The van der Waals surface area contributed by atoms with Crippen molar-refractivity contribution in [2.45, 2.75) is 112 Å². The number of nitrogens with one attached hydrogen (secondary N) is 1. The fourth-order valence-electron chi connectivity index (χ4n) is 6.15. The smallest absolute Gasteiger partial charge is 0.309 e. The maximum absolute atomic E-state index is 13.5. The van der Waals surface area contributed by atoms with E-state index in [0.29, 0.717) is 24.4 Å². The van der Waals surface area contributed by atoms with Crippen LogP contribution in [0.25, 0.3) is 22.5 Å². The molecular weight excluding hydrogens is 524 g/mol. The molecule has 2 aromatic heterocycles. The second-order valence-electron chi connectivity index (χ2n) is 14.1. The molecule has 0 aliphatic heterocycles. The molecule has 2 N–H and O–H groups in total. The second kappa shape index (κ2) is 12.5. The molecule has 0 atom stereocenters. The molecule has 0 spiro atoms. The zero-order valence-corrected chi connectivity index (χ0v) is 26.9. The highest BCUT2D eigenvalue weighted by atomic mass is 16.4. The lowest BCUT2D eigenvalue weighted by atomic mass is 9.81. The first-order valence-corrected chi connectivity index (χ1v) is 15.6. The van der Waals surface area contributed by atoms with E-state index in [1.165, 1.54) is 43.2 Å². The van der Waals surface area contributed by atoms with Gasteiger partial charge in [-0.3, -0.25) is 14.3 Å². The summed E-state index contributed by atoms with van der Waals surface area (Å²) in [5.41, 5.74) is 6.32. The monoisotopic (exact) mass is 574 g/mol. The number of aromatic nitrogens is 3. The van der Waals surface area contributed by atoms with Crippen molar-refractivity contribution >= 4 is 11.9 Å². The van der Waals surface area contributed by atoms with E-state index in [9.17, 15) is 14.7 Å². The van der Waals surface area contributed by atoms with Crippen molar-refractivity contribution in [2.24, 2.45) is 11.3 Å². The first-order chi connectivity index (χ1) is 19.7. The first kappa shape index (κ1) is 31.6. The van der Waals surface area contributed by atoms with Gasteiger partial charge in [-0.1, -0.05) is 52.2 Å². The van der Waals surface area contributed by atoms with Crippen LogP contribution in [0.1, 0.15) is 115 Å². The number of carboxylic acid groups (broad SMARTS) is 1. The third-order valence-electron chi connectivity index (χ3n) is 8.95. The molecule has 1 fully saturated rings. The molecular formula is C35H50N4O3. The van der Waals surface area contributed by atoms with Gasteiger partial charge in [-0.25, -0.2) is 0 Å². The van der Waals surface area contributed by atoms with Gasteiger partial charge in [0, 0.05) is 42.3 Å². The minimum atomic E-state index is -0.892. The average molecular weight is 575 g/mol. The van der Waals surface area contributed by atoms with Crippen molar-refractivity contribution in [3.63, 3.8) is 0 Å². The maximum atomic E-state index is 13.5. The van der Waals surface area contributed by atoms with Crippen LogP contribution < -0.4 is 5.32 Å². The molecule has 1 amide bonds. The quantitative estimate of drug-likeness (QED) is 0.257. The number of rotatable bonds is 10. The Bertz CT molecular complexity index is 1410. The van der Waals surface area contributed by atoms with Crippen molar-refractivity contribution in [1.82, 2.24) is 19.7 Å². The Hall–Kier alpha value is -3.35. The minimum Gasteiger partial charge on any atom is -0.481 e. The lowest BCUT2D eigenvalue weighted by molar-refractivity contribution is -0.147. The summed E-state index contributed by atoms with van der Waals surface area (Å²) in [5, 5.41) is 17.1. The summed E-state index contributed by atoms with van der Waals surface area (Å²) >= 11 is 0. The number of hydrogen-bond acceptors (Lipinski definition) is 3. The topological polar surface area (TPSA) is 89.2 Å². The Morgan fingerprint density at radius 2 is 1.71 bits per heavy atom. The predicted octanol–water partition coefficient (Wildman–Crippen LogP) is 8.02. The predicted molar refractivity (Wildman–Crippen MR) is 170 cm³/mol. The van der Waals surface area contributed by atoms with Crippen LogP contribution in [0.15, 0.2) is 36.5 Å². The highest BCUT2D eigenvalue weighted by molar-refractivity contribution is 5.97. The fourth-order valence-corrected chi connectivity index (χ4v) is 6.15. The van der Waals surface area contributed by atoms with Crippen LogP contribution in [0.3, 0.4) is 0 Å². The summed E-state index contributed by atoms with van der Waals surface area (Å²) in [6.07, 6.45) is 8.50. The minimum absolute atomic E-state index is 0.107. The van der Waals surface area contributed by atoms with E-state index in [2.05, 4.69) is 78.5 Å². The van der Waals surface area contributed by atoms with Crippen molar-refractivity contribution in [1.29, 1.82) is 0 Å². The largest absolute Gasteiger partial charge is 0.481 e. The molecule has 0 radical (unpaired) electrons. The van der Waals surface area contributed by atoms with Crippen LogP contribution in [0, 0.1) is 18.3 Å². The number of hydrogen-bond donors (Lipinski definition) is 2. The Morgan fingerprint density at radius 1 is 1.02 bits per heavy atom. The van der Waals surface area contributed by atoms with Gasteiger partial charge in [0.25, 0.3) is 5.91 Å². The van der Waals surface area contributed by atoms with E-state index in [0.717, 1.165) is 29.2 Å². The molecule has 7 nitrogen and oxygen atoms in total. The van der Waals surface area contributed by atoms with Gasteiger partial charge in [-0.15, -0.1) is 0 Å². The summed E-state index contributed by atoms with van der Waals surface area (Å²) in [7, 11) is 0. The number of carbonyl (C=O) groups is 2. The van der Waals surface area contributed by atoms with Crippen LogP contribution in [-0.2, 0) is 16.8 Å². The molecule has 1 saturated carbocycles. The molecule has 2 heterocycles. The SMILES string of the molecule is Cc1c(C(=O)NCCC(C)(C)C(=O)O)cc(-c2ccc(-c3ccnn3C(C)C)c(C(C)(C)C)c2)n1CC1CCCCC1. The summed E-state index contributed by atoms with van der Waals surface area (Å²) in [6, 6.07) is 11.1. The number of nitrogens with zero attached hydrogens (tertiary/aromatic N) is 3. The van der Waals surface area contributed by atoms with E-state index >= 15 is 0 Å². The van der Waals surface area contributed by atoms with Crippen LogP contribution in [0.4, 0.5) is 0 Å². The first-order valence-electron chi connectivity index (χ1n) is 15.6. The van der Waals surface area contributed by atoms with Gasteiger partial charge in [-0.2, -0.15) is 5.10 Å². The molecule has 0 unspecified atom stereocenters. The third-order valence-corrected chi connectivity index (χ3v) is 8.95. The van der Waals surface area contributed by atoms with E-state index in [-0.39, 0.29) is 17.4 Å². The molecule has 4 rings (SSSR count). The van der Waals surface area contributed by atoms with Gasteiger partial charge in [0.15, 0.2) is 0 Å². The lowest BCUT2D eigenvalue weighted by Crippen LogP contribution is -2.32.